The van der Waals surface area contributed by atoms with Crippen LogP contribution in [0.4, 0.5) is 23.1 Å². The summed E-state index contributed by atoms with van der Waals surface area (Å²) in [7, 11) is -3.37. The topological polar surface area (TPSA) is 109 Å². The minimum Gasteiger partial charge on any atom is -0.378 e. The smallest absolute Gasteiger partial charge is 0.229 e. The Morgan fingerprint density at radius 1 is 1.03 bits per heavy atom. The Labute approximate surface area is 175 Å². The van der Waals surface area contributed by atoms with E-state index in [4.69, 9.17) is 9.72 Å². The van der Waals surface area contributed by atoms with E-state index in [1.165, 1.54) is 0 Å². The van der Waals surface area contributed by atoms with Crippen LogP contribution in [0.15, 0.2) is 54.9 Å². The van der Waals surface area contributed by atoms with Crippen LogP contribution in [0, 0.1) is 0 Å². The van der Waals surface area contributed by atoms with Crippen molar-refractivity contribution in [2.45, 2.75) is 0 Å². The lowest BCUT2D eigenvalue weighted by molar-refractivity contribution is 0.122. The number of rotatable bonds is 6. The van der Waals surface area contributed by atoms with Crippen molar-refractivity contribution in [1.82, 2.24) is 15.0 Å². The molecular formula is C20H22N6O3S. The lowest BCUT2D eigenvalue weighted by Crippen LogP contribution is -2.37. The summed E-state index contributed by atoms with van der Waals surface area (Å²) in [5, 5.41) is 3.26. The molecule has 1 aliphatic rings. The van der Waals surface area contributed by atoms with Crippen LogP contribution in [0.5, 0.6) is 0 Å². The normalized spacial score (nSPS) is 14.4. The minimum atomic E-state index is -3.37. The van der Waals surface area contributed by atoms with Crippen LogP contribution in [0.2, 0.25) is 0 Å². The number of ether oxygens (including phenoxy) is 1. The summed E-state index contributed by atoms with van der Waals surface area (Å²) in [5.74, 6) is 1.21. The molecule has 0 spiro atoms. The predicted molar refractivity (Wildman–Crippen MR) is 116 cm³/mol. The largest absolute Gasteiger partial charge is 0.378 e. The van der Waals surface area contributed by atoms with Gasteiger partial charge in [-0.25, -0.2) is 13.4 Å². The van der Waals surface area contributed by atoms with Crippen molar-refractivity contribution in [3.05, 3.63) is 54.9 Å². The van der Waals surface area contributed by atoms with Crippen molar-refractivity contribution < 1.29 is 13.2 Å². The first-order valence-corrected chi connectivity index (χ1v) is 11.3. The summed E-state index contributed by atoms with van der Waals surface area (Å²) in [4.78, 5) is 15.6. The molecule has 10 heteroatoms. The van der Waals surface area contributed by atoms with Gasteiger partial charge < -0.3 is 15.0 Å². The molecule has 1 fully saturated rings. The van der Waals surface area contributed by atoms with E-state index in [0.717, 1.165) is 17.5 Å². The molecule has 9 nitrogen and oxygen atoms in total. The number of nitrogens with one attached hydrogen (secondary N) is 2. The van der Waals surface area contributed by atoms with Crippen LogP contribution in [-0.2, 0) is 14.8 Å². The van der Waals surface area contributed by atoms with E-state index in [1.807, 2.05) is 24.3 Å². The number of benzene rings is 1. The van der Waals surface area contributed by atoms with Crippen LogP contribution in [0.3, 0.4) is 0 Å². The van der Waals surface area contributed by atoms with Gasteiger partial charge in [-0.3, -0.25) is 9.71 Å². The van der Waals surface area contributed by atoms with Gasteiger partial charge in [0.15, 0.2) is 0 Å². The number of aromatic nitrogens is 3. The molecule has 2 N–H and O–H groups in total. The average molecular weight is 427 g/mol. The van der Waals surface area contributed by atoms with Crippen LogP contribution in [-0.4, -0.2) is 55.9 Å². The van der Waals surface area contributed by atoms with Crippen LogP contribution in [0.1, 0.15) is 0 Å². The van der Waals surface area contributed by atoms with Crippen LogP contribution in [0.25, 0.3) is 11.3 Å². The average Bonchev–Trinajstić information content (AvgIpc) is 2.74. The number of sulfonamides is 1. The zero-order valence-electron chi connectivity index (χ0n) is 16.4. The molecule has 0 saturated carbocycles. The van der Waals surface area contributed by atoms with E-state index in [9.17, 15) is 8.42 Å². The highest BCUT2D eigenvalue weighted by molar-refractivity contribution is 7.92. The zero-order chi connectivity index (χ0) is 21.0. The van der Waals surface area contributed by atoms with Gasteiger partial charge in [0.25, 0.3) is 0 Å². The third kappa shape index (κ3) is 5.22. The van der Waals surface area contributed by atoms with Gasteiger partial charge in [-0.2, -0.15) is 4.98 Å². The zero-order valence-corrected chi connectivity index (χ0v) is 17.3. The van der Waals surface area contributed by atoms with Crippen LogP contribution < -0.4 is 14.9 Å². The number of anilines is 4. The van der Waals surface area contributed by atoms with Gasteiger partial charge in [0.2, 0.25) is 16.0 Å². The molecule has 0 unspecified atom stereocenters. The second-order valence-electron chi connectivity index (χ2n) is 6.86. The molecule has 0 atom stereocenters. The first-order valence-electron chi connectivity index (χ1n) is 9.43. The van der Waals surface area contributed by atoms with Gasteiger partial charge in [-0.05, 0) is 24.3 Å². The van der Waals surface area contributed by atoms with E-state index < -0.39 is 10.0 Å². The summed E-state index contributed by atoms with van der Waals surface area (Å²) in [6.07, 6.45) is 4.54. The van der Waals surface area contributed by atoms with Gasteiger partial charge in [-0.15, -0.1) is 0 Å². The fourth-order valence-corrected chi connectivity index (χ4v) is 3.65. The molecule has 1 aliphatic heterocycles. The van der Waals surface area contributed by atoms with Gasteiger partial charge >= 0.3 is 0 Å². The Balaban J connectivity index is 1.72. The summed E-state index contributed by atoms with van der Waals surface area (Å²) >= 11 is 0. The summed E-state index contributed by atoms with van der Waals surface area (Å²) in [6.45, 7) is 2.64. The van der Waals surface area contributed by atoms with Crippen molar-refractivity contribution in [2.24, 2.45) is 0 Å². The molecule has 156 valence electrons. The number of pyridine rings is 1. The quantitative estimate of drug-likeness (QED) is 0.619. The van der Waals surface area contributed by atoms with Crippen molar-refractivity contribution >= 4 is 33.2 Å². The Hall–Kier alpha value is -3.24. The lowest BCUT2D eigenvalue weighted by Gasteiger charge is -2.27. The summed E-state index contributed by atoms with van der Waals surface area (Å²) in [6, 6.07) is 12.7. The summed E-state index contributed by atoms with van der Waals surface area (Å²) in [5.41, 5.74) is 2.73. The number of morpholine rings is 1. The molecule has 0 bridgehead atoms. The van der Waals surface area contributed by atoms with Crippen molar-refractivity contribution in [3.63, 3.8) is 0 Å². The molecule has 1 aromatic carbocycles. The van der Waals surface area contributed by atoms with E-state index in [-0.39, 0.29) is 0 Å². The maximum atomic E-state index is 11.6. The Morgan fingerprint density at radius 3 is 2.57 bits per heavy atom. The second-order valence-corrected chi connectivity index (χ2v) is 8.61. The predicted octanol–water partition coefficient (Wildman–Crippen LogP) is 2.49. The number of hydrogen-bond donors (Lipinski definition) is 2. The summed E-state index contributed by atoms with van der Waals surface area (Å²) < 4.78 is 31.1. The molecular weight excluding hydrogens is 404 g/mol. The van der Waals surface area contributed by atoms with Crippen LogP contribution >= 0.6 is 0 Å². The van der Waals surface area contributed by atoms with Gasteiger partial charge in [-0.1, -0.05) is 12.1 Å². The molecule has 0 radical (unpaired) electrons. The van der Waals surface area contributed by atoms with E-state index >= 15 is 0 Å². The van der Waals surface area contributed by atoms with E-state index in [1.54, 1.807) is 30.6 Å². The maximum Gasteiger partial charge on any atom is 0.229 e. The monoisotopic (exact) mass is 426 g/mol. The van der Waals surface area contributed by atoms with Gasteiger partial charge in [0.05, 0.1) is 37.0 Å². The third-order valence-electron chi connectivity index (χ3n) is 4.40. The first-order chi connectivity index (χ1) is 14.5. The van der Waals surface area contributed by atoms with Gasteiger partial charge in [0, 0.05) is 36.6 Å². The molecule has 1 saturated heterocycles. The van der Waals surface area contributed by atoms with E-state index in [2.05, 4.69) is 24.9 Å². The Bertz CT molecular complexity index is 1120. The van der Waals surface area contributed by atoms with Crippen molar-refractivity contribution in [1.29, 1.82) is 0 Å². The molecule has 2 aromatic heterocycles. The molecule has 0 amide bonds. The first kappa shape index (κ1) is 20.0. The third-order valence-corrected chi connectivity index (χ3v) is 5.01. The maximum absolute atomic E-state index is 11.6. The lowest BCUT2D eigenvalue weighted by atomic mass is 10.1. The minimum absolute atomic E-state index is 0.475. The number of hydrogen-bond acceptors (Lipinski definition) is 8. The molecule has 4 rings (SSSR count). The molecule has 0 aliphatic carbocycles. The second kappa shape index (κ2) is 8.64. The fourth-order valence-electron chi connectivity index (χ4n) is 3.09. The standard InChI is InChI=1S/C20H22N6O3S/c1-30(27,28)25-16-5-2-4-15(12-16)18-13-19(22-17-6-3-7-21-14-17)24-20(23-18)26-8-10-29-11-9-26/h2-7,12-14,25H,8-11H2,1H3,(H,22,23,24). The Kier molecular flexibility index (Phi) is 5.77. The Morgan fingerprint density at radius 2 is 1.83 bits per heavy atom. The van der Waals surface area contributed by atoms with E-state index in [0.29, 0.717) is 49.5 Å². The molecule has 3 heterocycles. The fraction of sp³-hybridized carbons (Fsp3) is 0.250. The van der Waals surface area contributed by atoms with Crippen molar-refractivity contribution in [3.8, 4) is 11.3 Å². The highest BCUT2D eigenvalue weighted by Crippen LogP contribution is 2.27. The molecule has 3 aromatic rings. The van der Waals surface area contributed by atoms with Crippen molar-refractivity contribution in [2.75, 3.05) is 47.5 Å². The van der Waals surface area contributed by atoms with Gasteiger partial charge in [0.1, 0.15) is 5.82 Å². The molecule has 30 heavy (non-hydrogen) atoms. The number of nitrogens with zero attached hydrogens (tertiary/aromatic N) is 4. The highest BCUT2D eigenvalue weighted by Gasteiger charge is 2.17. The SMILES string of the molecule is CS(=O)(=O)Nc1cccc(-c2cc(Nc3cccnc3)nc(N3CCOCC3)n2)c1. The highest BCUT2D eigenvalue weighted by atomic mass is 32.2.